The van der Waals surface area contributed by atoms with Gasteiger partial charge >= 0.3 is 0 Å². The molecule has 1 aromatic carbocycles. The van der Waals surface area contributed by atoms with E-state index in [0.717, 1.165) is 18.4 Å². The van der Waals surface area contributed by atoms with Crippen molar-refractivity contribution in [2.45, 2.75) is 53.0 Å². The summed E-state index contributed by atoms with van der Waals surface area (Å²) in [6.45, 7) is 8.20. The van der Waals surface area contributed by atoms with Crippen LogP contribution in [0.1, 0.15) is 56.0 Å². The number of phenolic OH excluding ortho intramolecular Hbond substituents is 1. The Hall–Kier alpha value is -1.51. The molecule has 1 aromatic rings. The van der Waals surface area contributed by atoms with Crippen LogP contribution in [0.25, 0.3) is 0 Å². The van der Waals surface area contributed by atoms with Crippen molar-refractivity contribution in [3.63, 3.8) is 0 Å². The molecule has 0 radical (unpaired) electrons. The van der Waals surface area contributed by atoms with Crippen molar-refractivity contribution in [3.05, 3.63) is 29.3 Å². The van der Waals surface area contributed by atoms with Crippen LogP contribution >= 0.6 is 0 Å². The van der Waals surface area contributed by atoms with Gasteiger partial charge in [-0.15, -0.1) is 0 Å². The molecule has 1 unspecified atom stereocenters. The Morgan fingerprint density at radius 3 is 2.58 bits per heavy atom. The van der Waals surface area contributed by atoms with Gasteiger partial charge in [-0.05, 0) is 37.8 Å². The summed E-state index contributed by atoms with van der Waals surface area (Å²) in [5.74, 6) is 0.580. The number of aromatic hydroxyl groups is 1. The smallest absolute Gasteiger partial charge is 0.255 e. The topological polar surface area (TPSA) is 49.3 Å². The van der Waals surface area contributed by atoms with Gasteiger partial charge in [-0.2, -0.15) is 0 Å². The summed E-state index contributed by atoms with van der Waals surface area (Å²) < 4.78 is 0. The number of nitrogens with one attached hydrogen (secondary N) is 1. The second-order valence-corrected chi connectivity index (χ2v) is 5.67. The number of aryl methyl sites for hydroxylation is 1. The first-order valence-electron chi connectivity index (χ1n) is 7.01. The Labute approximate surface area is 116 Å². The highest BCUT2D eigenvalue weighted by molar-refractivity contribution is 5.97. The van der Waals surface area contributed by atoms with E-state index < -0.39 is 0 Å². The third-order valence-electron chi connectivity index (χ3n) is 3.28. The van der Waals surface area contributed by atoms with Crippen LogP contribution in [0.4, 0.5) is 0 Å². The zero-order chi connectivity index (χ0) is 14.4. The van der Waals surface area contributed by atoms with Crippen molar-refractivity contribution >= 4 is 5.91 Å². The monoisotopic (exact) mass is 263 g/mol. The van der Waals surface area contributed by atoms with Crippen molar-refractivity contribution in [3.8, 4) is 5.75 Å². The quantitative estimate of drug-likeness (QED) is 0.823. The number of phenols is 1. The summed E-state index contributed by atoms with van der Waals surface area (Å²) in [5, 5.41) is 12.8. The van der Waals surface area contributed by atoms with Crippen LogP contribution in [0.3, 0.4) is 0 Å². The van der Waals surface area contributed by atoms with E-state index in [0.29, 0.717) is 11.5 Å². The number of benzene rings is 1. The van der Waals surface area contributed by atoms with Crippen molar-refractivity contribution in [2.24, 2.45) is 5.92 Å². The Morgan fingerprint density at radius 1 is 1.26 bits per heavy atom. The SMILES string of the molecule is Cc1cccc(C(=O)NC(C)CCCC(C)C)c1O. The lowest BCUT2D eigenvalue weighted by atomic mass is 10.0. The molecule has 0 heterocycles. The number of hydrogen-bond acceptors (Lipinski definition) is 2. The maximum atomic E-state index is 12.1. The average molecular weight is 263 g/mol. The van der Waals surface area contributed by atoms with Gasteiger partial charge in [-0.25, -0.2) is 0 Å². The molecule has 1 amide bonds. The summed E-state index contributed by atoms with van der Waals surface area (Å²) in [5.41, 5.74) is 1.08. The Bertz CT molecular complexity index is 427. The highest BCUT2D eigenvalue weighted by atomic mass is 16.3. The van der Waals surface area contributed by atoms with Crippen molar-refractivity contribution in [1.29, 1.82) is 0 Å². The molecular weight excluding hydrogens is 238 g/mol. The van der Waals surface area contributed by atoms with Gasteiger partial charge in [0.05, 0.1) is 5.56 Å². The van der Waals surface area contributed by atoms with Crippen molar-refractivity contribution in [2.75, 3.05) is 0 Å². The predicted molar refractivity (Wildman–Crippen MR) is 78.5 cm³/mol. The highest BCUT2D eigenvalue weighted by Crippen LogP contribution is 2.21. The van der Waals surface area contributed by atoms with E-state index in [4.69, 9.17) is 0 Å². The number of carbonyl (C=O) groups is 1. The summed E-state index contributed by atoms with van der Waals surface area (Å²) in [4.78, 5) is 12.1. The minimum Gasteiger partial charge on any atom is -0.507 e. The van der Waals surface area contributed by atoms with Gasteiger partial charge in [0.2, 0.25) is 0 Å². The average Bonchev–Trinajstić information content (AvgIpc) is 2.31. The van der Waals surface area contributed by atoms with Crippen LogP contribution < -0.4 is 5.32 Å². The van der Waals surface area contributed by atoms with Gasteiger partial charge < -0.3 is 10.4 Å². The molecule has 3 nitrogen and oxygen atoms in total. The number of rotatable bonds is 6. The Balaban J connectivity index is 2.52. The minimum atomic E-state index is -0.196. The fourth-order valence-electron chi connectivity index (χ4n) is 2.05. The van der Waals surface area contributed by atoms with E-state index in [9.17, 15) is 9.90 Å². The molecule has 0 aliphatic carbocycles. The number of carbonyl (C=O) groups excluding carboxylic acids is 1. The number of para-hydroxylation sites is 1. The van der Waals surface area contributed by atoms with E-state index in [1.165, 1.54) is 6.42 Å². The summed E-state index contributed by atoms with van der Waals surface area (Å²) in [6, 6.07) is 5.36. The summed E-state index contributed by atoms with van der Waals surface area (Å²) >= 11 is 0. The fourth-order valence-corrected chi connectivity index (χ4v) is 2.05. The standard InChI is InChI=1S/C16H25NO2/c1-11(2)7-5-9-13(4)17-16(19)14-10-6-8-12(3)15(14)18/h6,8,10-11,13,18H,5,7,9H2,1-4H3,(H,17,19). The molecule has 0 fully saturated rings. The predicted octanol–water partition coefficient (Wildman–Crippen LogP) is 3.65. The zero-order valence-electron chi connectivity index (χ0n) is 12.4. The summed E-state index contributed by atoms with van der Waals surface area (Å²) in [7, 11) is 0. The molecule has 3 heteroatoms. The van der Waals surface area contributed by atoms with Gasteiger partial charge in [0.1, 0.15) is 5.75 Å². The van der Waals surface area contributed by atoms with Crippen LogP contribution in [0.5, 0.6) is 5.75 Å². The molecule has 0 saturated heterocycles. The fraction of sp³-hybridized carbons (Fsp3) is 0.562. The summed E-state index contributed by atoms with van der Waals surface area (Å²) in [6.07, 6.45) is 3.26. The lowest BCUT2D eigenvalue weighted by molar-refractivity contribution is 0.0935. The highest BCUT2D eigenvalue weighted by Gasteiger charge is 2.14. The van der Waals surface area contributed by atoms with Crippen LogP contribution in [0.15, 0.2) is 18.2 Å². The molecular formula is C16H25NO2. The number of hydrogen-bond donors (Lipinski definition) is 2. The molecule has 0 saturated carbocycles. The molecule has 106 valence electrons. The molecule has 0 aromatic heterocycles. The molecule has 1 atom stereocenters. The van der Waals surface area contributed by atoms with Crippen LogP contribution in [-0.4, -0.2) is 17.1 Å². The maximum absolute atomic E-state index is 12.1. The molecule has 0 spiro atoms. The van der Waals surface area contributed by atoms with Gasteiger partial charge in [0.25, 0.3) is 5.91 Å². The van der Waals surface area contributed by atoms with Gasteiger partial charge in [-0.3, -0.25) is 4.79 Å². The molecule has 0 aliphatic heterocycles. The van der Waals surface area contributed by atoms with E-state index in [1.54, 1.807) is 25.1 Å². The van der Waals surface area contributed by atoms with Crippen LogP contribution in [0, 0.1) is 12.8 Å². The van der Waals surface area contributed by atoms with Gasteiger partial charge in [-0.1, -0.05) is 38.8 Å². The van der Waals surface area contributed by atoms with Gasteiger partial charge in [0.15, 0.2) is 0 Å². The second-order valence-electron chi connectivity index (χ2n) is 5.67. The van der Waals surface area contributed by atoms with E-state index >= 15 is 0 Å². The Kier molecular flexibility index (Phi) is 5.87. The Morgan fingerprint density at radius 2 is 1.95 bits per heavy atom. The third-order valence-corrected chi connectivity index (χ3v) is 3.28. The lowest BCUT2D eigenvalue weighted by Crippen LogP contribution is -2.32. The van der Waals surface area contributed by atoms with E-state index in [-0.39, 0.29) is 17.7 Å². The largest absolute Gasteiger partial charge is 0.507 e. The second kappa shape index (κ2) is 7.17. The molecule has 2 N–H and O–H groups in total. The van der Waals surface area contributed by atoms with Gasteiger partial charge in [0, 0.05) is 6.04 Å². The zero-order valence-corrected chi connectivity index (χ0v) is 12.4. The van der Waals surface area contributed by atoms with E-state index in [1.807, 2.05) is 6.92 Å². The van der Waals surface area contributed by atoms with Crippen molar-refractivity contribution in [1.82, 2.24) is 5.32 Å². The molecule has 0 bridgehead atoms. The first kappa shape index (κ1) is 15.5. The first-order valence-corrected chi connectivity index (χ1v) is 7.01. The number of amides is 1. The van der Waals surface area contributed by atoms with Crippen LogP contribution in [0.2, 0.25) is 0 Å². The maximum Gasteiger partial charge on any atom is 0.255 e. The molecule has 19 heavy (non-hydrogen) atoms. The van der Waals surface area contributed by atoms with Crippen molar-refractivity contribution < 1.29 is 9.90 Å². The first-order chi connectivity index (χ1) is 8.91. The normalized spacial score (nSPS) is 12.5. The molecule has 0 aliphatic rings. The lowest BCUT2D eigenvalue weighted by Gasteiger charge is -2.15. The minimum absolute atomic E-state index is 0.0781. The third kappa shape index (κ3) is 4.93. The van der Waals surface area contributed by atoms with Crippen LogP contribution in [-0.2, 0) is 0 Å². The molecule has 1 rings (SSSR count). The van der Waals surface area contributed by atoms with E-state index in [2.05, 4.69) is 19.2 Å².